The van der Waals surface area contributed by atoms with Crippen molar-refractivity contribution in [2.45, 2.75) is 4.90 Å². The SMILES string of the molecule is NNC(=O)c1cc(NS(=O)(=O)c2cccc([N+](=O)[O-])c2)ccc1C=O. The summed E-state index contributed by atoms with van der Waals surface area (Å²) in [4.78, 5) is 32.3. The number of non-ortho nitro benzene ring substituents is 1. The molecule has 11 heteroatoms. The number of benzene rings is 2. The Balaban J connectivity index is 2.41. The van der Waals surface area contributed by atoms with Crippen LogP contribution in [0.1, 0.15) is 20.7 Å². The highest BCUT2D eigenvalue weighted by molar-refractivity contribution is 7.92. The van der Waals surface area contributed by atoms with E-state index in [1.807, 2.05) is 5.43 Å². The summed E-state index contributed by atoms with van der Waals surface area (Å²) in [6.45, 7) is 0. The molecule has 0 saturated heterocycles. The van der Waals surface area contributed by atoms with Crippen LogP contribution in [0.4, 0.5) is 11.4 Å². The Morgan fingerprint density at radius 1 is 1.20 bits per heavy atom. The summed E-state index contributed by atoms with van der Waals surface area (Å²) >= 11 is 0. The maximum Gasteiger partial charge on any atom is 0.270 e. The van der Waals surface area contributed by atoms with Gasteiger partial charge in [-0.05, 0) is 24.3 Å². The van der Waals surface area contributed by atoms with E-state index in [2.05, 4.69) is 4.72 Å². The van der Waals surface area contributed by atoms with Gasteiger partial charge in [-0.15, -0.1) is 0 Å². The molecule has 1 amide bonds. The molecular weight excluding hydrogens is 352 g/mol. The third-order valence-electron chi connectivity index (χ3n) is 3.15. The number of anilines is 1. The molecule has 0 radical (unpaired) electrons. The van der Waals surface area contributed by atoms with E-state index in [1.54, 1.807) is 0 Å². The fourth-order valence-electron chi connectivity index (χ4n) is 1.98. The van der Waals surface area contributed by atoms with E-state index in [-0.39, 0.29) is 27.4 Å². The molecule has 2 aromatic rings. The van der Waals surface area contributed by atoms with Gasteiger partial charge >= 0.3 is 0 Å². The van der Waals surface area contributed by atoms with E-state index in [4.69, 9.17) is 5.84 Å². The van der Waals surface area contributed by atoms with Crippen LogP contribution >= 0.6 is 0 Å². The Bertz CT molecular complexity index is 958. The third-order valence-corrected chi connectivity index (χ3v) is 4.53. The molecule has 0 fully saturated rings. The molecule has 2 aromatic carbocycles. The number of nitro benzene ring substituents is 1. The Morgan fingerprint density at radius 3 is 2.52 bits per heavy atom. The molecule has 10 nitrogen and oxygen atoms in total. The van der Waals surface area contributed by atoms with Crippen LogP contribution in [0.5, 0.6) is 0 Å². The summed E-state index contributed by atoms with van der Waals surface area (Å²) in [7, 11) is -4.14. The predicted molar refractivity (Wildman–Crippen MR) is 87.4 cm³/mol. The highest BCUT2D eigenvalue weighted by Gasteiger charge is 2.19. The van der Waals surface area contributed by atoms with Crippen molar-refractivity contribution in [1.29, 1.82) is 0 Å². The summed E-state index contributed by atoms with van der Waals surface area (Å²) in [6, 6.07) is 8.10. The highest BCUT2D eigenvalue weighted by atomic mass is 32.2. The number of hydrogen-bond acceptors (Lipinski definition) is 7. The smallest absolute Gasteiger partial charge is 0.270 e. The molecule has 0 atom stereocenters. The van der Waals surface area contributed by atoms with E-state index in [0.29, 0.717) is 6.29 Å². The van der Waals surface area contributed by atoms with E-state index < -0.39 is 20.9 Å². The Kier molecular flexibility index (Phi) is 5.10. The summed E-state index contributed by atoms with van der Waals surface area (Å²) in [5.41, 5.74) is 1.33. The van der Waals surface area contributed by atoms with Gasteiger partial charge < -0.3 is 0 Å². The van der Waals surface area contributed by atoms with E-state index in [9.17, 15) is 28.1 Å². The molecule has 4 N–H and O–H groups in total. The minimum absolute atomic E-state index is 0.0150. The summed E-state index contributed by atoms with van der Waals surface area (Å²) < 4.78 is 26.9. The molecule has 0 spiro atoms. The van der Waals surface area contributed by atoms with Crippen LogP contribution in [0.2, 0.25) is 0 Å². The Morgan fingerprint density at radius 2 is 1.92 bits per heavy atom. The van der Waals surface area contributed by atoms with Crippen molar-refractivity contribution in [3.05, 3.63) is 63.7 Å². The quantitative estimate of drug-likeness (QED) is 0.224. The lowest BCUT2D eigenvalue weighted by Gasteiger charge is -2.10. The minimum Gasteiger partial charge on any atom is -0.298 e. The number of hydrazine groups is 1. The predicted octanol–water partition coefficient (Wildman–Crippen LogP) is 0.812. The summed E-state index contributed by atoms with van der Waals surface area (Å²) in [6.07, 6.45) is 0.420. The molecule has 0 bridgehead atoms. The zero-order valence-corrected chi connectivity index (χ0v) is 13.3. The normalized spacial score (nSPS) is 10.8. The highest BCUT2D eigenvalue weighted by Crippen LogP contribution is 2.22. The topological polar surface area (TPSA) is 162 Å². The van der Waals surface area contributed by atoms with Gasteiger partial charge in [0.05, 0.1) is 15.4 Å². The number of carbonyl (C=O) groups is 2. The van der Waals surface area contributed by atoms with Crippen LogP contribution in [0, 0.1) is 10.1 Å². The molecule has 25 heavy (non-hydrogen) atoms. The van der Waals surface area contributed by atoms with Gasteiger partial charge in [-0.3, -0.25) is 29.9 Å². The number of amides is 1. The summed E-state index contributed by atoms with van der Waals surface area (Å²) in [5.74, 6) is 4.24. The first-order valence-corrected chi connectivity index (χ1v) is 8.14. The monoisotopic (exact) mass is 364 g/mol. The van der Waals surface area contributed by atoms with E-state index in [1.165, 1.54) is 24.3 Å². The second-order valence-electron chi connectivity index (χ2n) is 4.75. The van der Waals surface area contributed by atoms with Crippen molar-refractivity contribution >= 4 is 33.6 Å². The molecule has 0 aliphatic heterocycles. The van der Waals surface area contributed by atoms with Gasteiger partial charge in [0.1, 0.15) is 0 Å². The van der Waals surface area contributed by atoms with Crippen molar-refractivity contribution < 1.29 is 22.9 Å². The average Bonchev–Trinajstić information content (AvgIpc) is 2.60. The first-order chi connectivity index (χ1) is 11.8. The molecule has 0 saturated carbocycles. The number of nitrogens with two attached hydrogens (primary N) is 1. The summed E-state index contributed by atoms with van der Waals surface area (Å²) in [5, 5.41) is 10.8. The van der Waals surface area contributed by atoms with Crippen LogP contribution in [-0.4, -0.2) is 25.5 Å². The second-order valence-corrected chi connectivity index (χ2v) is 6.44. The Hall–Kier alpha value is -3.31. The number of aldehydes is 1. The lowest BCUT2D eigenvalue weighted by Crippen LogP contribution is -2.31. The van der Waals surface area contributed by atoms with Crippen molar-refractivity contribution in [3.63, 3.8) is 0 Å². The van der Waals surface area contributed by atoms with Crippen LogP contribution in [0.25, 0.3) is 0 Å². The number of rotatable bonds is 6. The number of nitrogens with zero attached hydrogens (tertiary/aromatic N) is 1. The van der Waals surface area contributed by atoms with Gasteiger partial charge in [0, 0.05) is 23.4 Å². The maximum atomic E-state index is 12.4. The fraction of sp³-hybridized carbons (Fsp3) is 0. The van der Waals surface area contributed by atoms with Crippen molar-refractivity contribution in [3.8, 4) is 0 Å². The zero-order valence-electron chi connectivity index (χ0n) is 12.5. The van der Waals surface area contributed by atoms with Crippen LogP contribution in [0.3, 0.4) is 0 Å². The van der Waals surface area contributed by atoms with Crippen molar-refractivity contribution in [2.75, 3.05) is 4.72 Å². The number of carbonyl (C=O) groups excluding carboxylic acids is 2. The lowest BCUT2D eigenvalue weighted by atomic mass is 10.1. The number of sulfonamides is 1. The van der Waals surface area contributed by atoms with Crippen molar-refractivity contribution in [1.82, 2.24) is 5.43 Å². The molecule has 0 heterocycles. The lowest BCUT2D eigenvalue weighted by molar-refractivity contribution is -0.385. The molecule has 0 unspecified atom stereocenters. The second kappa shape index (κ2) is 7.07. The number of nitrogen functional groups attached to an aromatic ring is 1. The molecular formula is C14H12N4O6S. The molecule has 0 aliphatic carbocycles. The number of hydrogen-bond donors (Lipinski definition) is 3. The Labute approximate surface area is 141 Å². The first-order valence-electron chi connectivity index (χ1n) is 6.66. The van der Waals surface area contributed by atoms with Crippen LogP contribution in [0.15, 0.2) is 47.4 Å². The maximum absolute atomic E-state index is 12.4. The van der Waals surface area contributed by atoms with Gasteiger partial charge in [0.2, 0.25) is 0 Å². The van der Waals surface area contributed by atoms with Gasteiger partial charge in [0.15, 0.2) is 6.29 Å². The molecule has 0 aromatic heterocycles. The van der Waals surface area contributed by atoms with Gasteiger partial charge in [-0.25, -0.2) is 14.3 Å². The standard InChI is InChI=1S/C14H12N4O6S/c15-16-14(20)13-6-10(5-4-9(13)8-19)17-25(23,24)12-3-1-2-11(7-12)18(21)22/h1-8,17H,15H2,(H,16,20). The van der Waals surface area contributed by atoms with E-state index in [0.717, 1.165) is 18.2 Å². The van der Waals surface area contributed by atoms with Gasteiger partial charge in [0.25, 0.3) is 21.6 Å². The van der Waals surface area contributed by atoms with E-state index >= 15 is 0 Å². The molecule has 0 aliphatic rings. The minimum atomic E-state index is -4.14. The van der Waals surface area contributed by atoms with Crippen molar-refractivity contribution in [2.24, 2.45) is 5.84 Å². The zero-order chi connectivity index (χ0) is 18.6. The van der Waals surface area contributed by atoms with Crippen LogP contribution in [-0.2, 0) is 10.0 Å². The first kappa shape index (κ1) is 18.0. The number of nitrogens with one attached hydrogen (secondary N) is 2. The number of nitro groups is 1. The fourth-order valence-corrected chi connectivity index (χ4v) is 3.06. The molecule has 130 valence electrons. The largest absolute Gasteiger partial charge is 0.298 e. The van der Waals surface area contributed by atoms with Gasteiger partial charge in [-0.1, -0.05) is 6.07 Å². The third kappa shape index (κ3) is 3.97. The van der Waals surface area contributed by atoms with Crippen LogP contribution < -0.4 is 16.0 Å². The average molecular weight is 364 g/mol. The molecule has 2 rings (SSSR count). The van der Waals surface area contributed by atoms with Gasteiger partial charge in [-0.2, -0.15) is 0 Å².